The summed E-state index contributed by atoms with van der Waals surface area (Å²) >= 11 is 12.2. The second kappa shape index (κ2) is 9.28. The molecule has 26 heavy (non-hydrogen) atoms. The van der Waals surface area contributed by atoms with Gasteiger partial charge in [-0.1, -0.05) is 60.8 Å². The summed E-state index contributed by atoms with van der Waals surface area (Å²) in [5, 5.41) is 1.25. The Morgan fingerprint density at radius 3 is 2.46 bits per heavy atom. The van der Waals surface area contributed by atoms with E-state index < -0.39 is 0 Å². The molecule has 4 heteroatoms. The van der Waals surface area contributed by atoms with Gasteiger partial charge in [0, 0.05) is 11.5 Å². The summed E-state index contributed by atoms with van der Waals surface area (Å²) in [5.41, 5.74) is 3.07. The van der Waals surface area contributed by atoms with Gasteiger partial charge in [-0.3, -0.25) is 0 Å². The highest BCUT2D eigenvalue weighted by Crippen LogP contribution is 2.41. The number of allylic oxidation sites excluding steroid dienone is 3. The second-order valence-corrected chi connectivity index (χ2v) is 9.58. The van der Waals surface area contributed by atoms with Crippen molar-refractivity contribution in [2.24, 2.45) is 11.3 Å². The van der Waals surface area contributed by atoms with Crippen molar-refractivity contribution in [1.82, 2.24) is 0 Å². The average molecular weight is 461 g/mol. The van der Waals surface area contributed by atoms with Gasteiger partial charge < -0.3 is 21.5 Å². The van der Waals surface area contributed by atoms with E-state index in [1.165, 1.54) is 24.0 Å². The summed E-state index contributed by atoms with van der Waals surface area (Å²) in [4.78, 5) is 0. The summed E-state index contributed by atoms with van der Waals surface area (Å²) in [6, 6.07) is 6.36. The molecule has 0 bridgehead atoms. The van der Waals surface area contributed by atoms with E-state index >= 15 is 0 Å². The predicted octanol–water partition coefficient (Wildman–Crippen LogP) is 3.90. The largest absolute Gasteiger partial charge is 1.00 e. The third kappa shape index (κ3) is 5.86. The highest BCUT2D eigenvalue weighted by molar-refractivity contribution is 6.42. The Kier molecular flexibility index (Phi) is 8.48. The SMILES string of the molecule is CC1=CCCC(C)(C)C1C=CC(C)[N+](C)(C)Cc1ccc(Cl)c(Cl)c1.[Br-]. The van der Waals surface area contributed by atoms with E-state index in [1.54, 1.807) is 0 Å². The number of rotatable bonds is 5. The maximum absolute atomic E-state index is 6.17. The van der Waals surface area contributed by atoms with Crippen molar-refractivity contribution < 1.29 is 21.5 Å². The first kappa shape index (κ1) is 23.8. The highest BCUT2D eigenvalue weighted by Gasteiger charge is 2.31. The first-order valence-electron chi connectivity index (χ1n) is 9.14. The molecule has 0 aliphatic heterocycles. The van der Waals surface area contributed by atoms with Crippen LogP contribution < -0.4 is 17.0 Å². The molecule has 0 heterocycles. The summed E-state index contributed by atoms with van der Waals surface area (Å²) in [5.74, 6) is 0.536. The van der Waals surface area contributed by atoms with Gasteiger partial charge in [-0.15, -0.1) is 0 Å². The van der Waals surface area contributed by atoms with Crippen molar-refractivity contribution in [2.45, 2.75) is 53.1 Å². The summed E-state index contributed by atoms with van der Waals surface area (Å²) in [6.07, 6.45) is 9.70. The monoisotopic (exact) mass is 459 g/mol. The van der Waals surface area contributed by atoms with Gasteiger partial charge in [0.2, 0.25) is 0 Å². The third-order valence-corrected chi connectivity index (χ3v) is 6.59. The normalized spacial score (nSPS) is 21.2. The molecule has 0 N–H and O–H groups in total. The predicted molar refractivity (Wildman–Crippen MR) is 111 cm³/mol. The number of hydrogen-bond donors (Lipinski definition) is 0. The van der Waals surface area contributed by atoms with Crippen molar-refractivity contribution in [3.8, 4) is 0 Å². The first-order valence-corrected chi connectivity index (χ1v) is 9.90. The highest BCUT2D eigenvalue weighted by atomic mass is 79.9. The fourth-order valence-corrected chi connectivity index (χ4v) is 4.06. The molecule has 0 radical (unpaired) electrons. The number of likely N-dealkylation sites (N-methyl/N-ethyl adjacent to an activating group) is 1. The molecule has 0 spiro atoms. The molecular formula is C22H32BrCl2N. The topological polar surface area (TPSA) is 0 Å². The van der Waals surface area contributed by atoms with Crippen LogP contribution in [0.2, 0.25) is 10.0 Å². The molecule has 2 atom stereocenters. The summed E-state index contributed by atoms with van der Waals surface area (Å²) < 4.78 is 0.879. The fourth-order valence-electron chi connectivity index (χ4n) is 3.74. The Hall–Kier alpha value is -0.280. The molecule has 2 rings (SSSR count). The molecule has 1 aromatic carbocycles. The van der Waals surface area contributed by atoms with Gasteiger partial charge in [0.1, 0.15) is 12.6 Å². The van der Waals surface area contributed by atoms with Crippen LogP contribution in [0, 0.1) is 11.3 Å². The Morgan fingerprint density at radius 1 is 1.23 bits per heavy atom. The molecule has 1 aromatic rings. The quantitative estimate of drug-likeness (QED) is 0.461. The zero-order valence-corrected chi connectivity index (χ0v) is 19.9. The molecule has 0 saturated heterocycles. The molecule has 0 saturated carbocycles. The minimum Gasteiger partial charge on any atom is -1.00 e. The van der Waals surface area contributed by atoms with Gasteiger partial charge in [0.15, 0.2) is 0 Å². The first-order chi connectivity index (χ1) is 11.5. The van der Waals surface area contributed by atoms with Gasteiger partial charge in [-0.25, -0.2) is 0 Å². The van der Waals surface area contributed by atoms with E-state index in [0.717, 1.165) is 11.0 Å². The third-order valence-electron chi connectivity index (χ3n) is 5.85. The Morgan fingerprint density at radius 2 is 1.88 bits per heavy atom. The van der Waals surface area contributed by atoms with Gasteiger partial charge in [0.25, 0.3) is 0 Å². The molecule has 1 aliphatic rings. The van der Waals surface area contributed by atoms with E-state index in [4.69, 9.17) is 23.2 Å². The Balaban J connectivity index is 0.00000338. The Labute approximate surface area is 180 Å². The molecule has 0 amide bonds. The zero-order valence-electron chi connectivity index (χ0n) is 16.8. The summed E-state index contributed by atoms with van der Waals surface area (Å²) in [7, 11) is 4.54. The molecule has 0 aromatic heterocycles. The maximum atomic E-state index is 6.17. The minimum absolute atomic E-state index is 0. The van der Waals surface area contributed by atoms with Crippen LogP contribution >= 0.6 is 23.2 Å². The van der Waals surface area contributed by atoms with E-state index in [1.807, 2.05) is 12.1 Å². The van der Waals surface area contributed by atoms with Crippen molar-refractivity contribution in [3.63, 3.8) is 0 Å². The molecule has 1 aliphatic carbocycles. The second-order valence-electron chi connectivity index (χ2n) is 8.76. The maximum Gasteiger partial charge on any atom is 0.105 e. The van der Waals surface area contributed by atoms with Crippen LogP contribution in [0.5, 0.6) is 0 Å². The average Bonchev–Trinajstić information content (AvgIpc) is 2.49. The molecular weight excluding hydrogens is 429 g/mol. The number of quaternary nitrogens is 1. The van der Waals surface area contributed by atoms with Crippen LogP contribution in [-0.2, 0) is 6.54 Å². The molecule has 1 nitrogen and oxygen atoms in total. The zero-order chi connectivity index (χ0) is 18.8. The van der Waals surface area contributed by atoms with E-state index in [-0.39, 0.29) is 17.0 Å². The lowest BCUT2D eigenvalue weighted by Crippen LogP contribution is -3.00. The number of benzene rings is 1. The van der Waals surface area contributed by atoms with Crippen LogP contribution in [0.1, 0.15) is 46.1 Å². The number of halogens is 3. The van der Waals surface area contributed by atoms with E-state index in [9.17, 15) is 0 Å². The number of nitrogens with zero attached hydrogens (tertiary/aromatic N) is 1. The van der Waals surface area contributed by atoms with Crippen LogP contribution in [0.25, 0.3) is 0 Å². The van der Waals surface area contributed by atoms with Gasteiger partial charge in [-0.2, -0.15) is 0 Å². The number of hydrogen-bond acceptors (Lipinski definition) is 0. The van der Waals surface area contributed by atoms with Crippen LogP contribution in [0.4, 0.5) is 0 Å². The van der Waals surface area contributed by atoms with Gasteiger partial charge >= 0.3 is 0 Å². The lowest BCUT2D eigenvalue weighted by Gasteiger charge is -2.38. The van der Waals surface area contributed by atoms with Gasteiger partial charge in [-0.05, 0) is 50.3 Å². The Bertz CT molecular complexity index is 677. The lowest BCUT2D eigenvalue weighted by molar-refractivity contribution is -0.919. The lowest BCUT2D eigenvalue weighted by atomic mass is 9.68. The van der Waals surface area contributed by atoms with Gasteiger partial charge in [0.05, 0.1) is 24.1 Å². The van der Waals surface area contributed by atoms with Crippen LogP contribution in [0.3, 0.4) is 0 Å². The van der Waals surface area contributed by atoms with Crippen molar-refractivity contribution >= 4 is 23.2 Å². The van der Waals surface area contributed by atoms with E-state index in [0.29, 0.717) is 27.4 Å². The van der Waals surface area contributed by atoms with Crippen molar-refractivity contribution in [3.05, 3.63) is 57.6 Å². The minimum atomic E-state index is 0. The molecule has 146 valence electrons. The standard InChI is InChI=1S/C22H32Cl2N.BrH/c1-16-8-7-13-22(3,4)19(16)11-9-17(2)25(5,6)15-18-10-12-20(23)21(24)14-18;/h8-12,14,17,19H,7,13,15H2,1-6H3;1H/q+1;/p-1. The molecule has 2 unspecified atom stereocenters. The summed E-state index contributed by atoms with van der Waals surface area (Å²) in [6.45, 7) is 10.3. The van der Waals surface area contributed by atoms with Crippen LogP contribution in [0.15, 0.2) is 42.0 Å². The van der Waals surface area contributed by atoms with E-state index in [2.05, 4.69) is 66.1 Å². The van der Waals surface area contributed by atoms with Crippen LogP contribution in [-0.4, -0.2) is 24.6 Å². The van der Waals surface area contributed by atoms with Crippen molar-refractivity contribution in [2.75, 3.05) is 14.1 Å². The smallest absolute Gasteiger partial charge is 0.105 e. The fraction of sp³-hybridized carbons (Fsp3) is 0.545. The molecule has 0 fully saturated rings. The van der Waals surface area contributed by atoms with Crippen molar-refractivity contribution in [1.29, 1.82) is 0 Å².